The summed E-state index contributed by atoms with van der Waals surface area (Å²) in [6.45, 7) is 3.49. The average Bonchev–Trinajstić information content (AvgIpc) is 3.63. The number of hydrogen-bond acceptors (Lipinski definition) is 5. The van der Waals surface area contributed by atoms with E-state index >= 15 is 0 Å². The lowest BCUT2D eigenvalue weighted by Gasteiger charge is -2.21. The number of benzene rings is 1. The predicted octanol–water partition coefficient (Wildman–Crippen LogP) is 7.76. The van der Waals surface area contributed by atoms with Crippen LogP contribution in [0, 0.1) is 12.8 Å². The molecule has 37 heavy (non-hydrogen) atoms. The first-order chi connectivity index (χ1) is 18.0. The lowest BCUT2D eigenvalue weighted by atomic mass is 9.89. The summed E-state index contributed by atoms with van der Waals surface area (Å²) >= 11 is 13.7. The first-order valence-corrected chi connectivity index (χ1v) is 14.1. The van der Waals surface area contributed by atoms with Crippen molar-refractivity contribution in [2.75, 3.05) is 6.54 Å². The van der Waals surface area contributed by atoms with Gasteiger partial charge in [-0.2, -0.15) is 0 Å². The highest BCUT2D eigenvalue weighted by Crippen LogP contribution is 2.30. The van der Waals surface area contributed by atoms with Crippen LogP contribution in [-0.2, 0) is 13.2 Å². The number of furan rings is 1. The standard InChI is InChI=1S/C28H29Cl2N3O3S/c1-18-24(28(34)31-14-19-6-3-2-4-7-19)13-26(33(18)15-22-8-5-9-35-22)25-17-37-27(32-25)16-36-23-11-20(29)10-21(30)12-23/h5,8-13,17,19H,2-4,6-7,14-16H2,1H3,(H,31,34). The third-order valence-corrected chi connectivity index (χ3v) is 8.05. The van der Waals surface area contributed by atoms with Gasteiger partial charge in [-0.05, 0) is 62.1 Å². The minimum Gasteiger partial charge on any atom is -0.486 e. The fourth-order valence-electron chi connectivity index (χ4n) is 4.82. The molecule has 3 heterocycles. The van der Waals surface area contributed by atoms with Crippen molar-refractivity contribution in [1.82, 2.24) is 14.9 Å². The van der Waals surface area contributed by atoms with E-state index in [0.29, 0.717) is 33.8 Å². The minimum absolute atomic E-state index is 0.0425. The topological polar surface area (TPSA) is 69.3 Å². The van der Waals surface area contributed by atoms with Gasteiger partial charge in [-0.1, -0.05) is 42.5 Å². The summed E-state index contributed by atoms with van der Waals surface area (Å²) in [5.74, 6) is 1.92. The molecule has 0 radical (unpaired) electrons. The van der Waals surface area contributed by atoms with Crippen LogP contribution in [0.15, 0.2) is 52.5 Å². The second-order valence-corrected chi connectivity index (χ2v) is 11.2. The molecule has 1 fully saturated rings. The van der Waals surface area contributed by atoms with Gasteiger partial charge in [0.15, 0.2) is 0 Å². The summed E-state index contributed by atoms with van der Waals surface area (Å²) in [6, 6.07) is 10.8. The number of nitrogens with one attached hydrogen (secondary N) is 1. The Morgan fingerprint density at radius 3 is 2.70 bits per heavy atom. The number of nitrogens with zero attached hydrogens (tertiary/aromatic N) is 2. The van der Waals surface area contributed by atoms with E-state index in [1.807, 2.05) is 30.5 Å². The normalized spacial score (nSPS) is 14.1. The second-order valence-electron chi connectivity index (χ2n) is 9.43. The van der Waals surface area contributed by atoms with Gasteiger partial charge in [-0.25, -0.2) is 4.98 Å². The van der Waals surface area contributed by atoms with E-state index in [0.717, 1.165) is 34.4 Å². The summed E-state index contributed by atoms with van der Waals surface area (Å²) in [7, 11) is 0. The van der Waals surface area contributed by atoms with Gasteiger partial charge in [-0.3, -0.25) is 4.79 Å². The molecular weight excluding hydrogens is 529 g/mol. The van der Waals surface area contributed by atoms with Gasteiger partial charge in [0, 0.05) is 27.7 Å². The molecule has 1 aliphatic carbocycles. The number of hydrogen-bond donors (Lipinski definition) is 1. The van der Waals surface area contributed by atoms with Crippen LogP contribution in [-0.4, -0.2) is 22.0 Å². The Labute approximate surface area is 230 Å². The van der Waals surface area contributed by atoms with Gasteiger partial charge in [0.1, 0.15) is 23.1 Å². The summed E-state index contributed by atoms with van der Waals surface area (Å²) in [6.07, 6.45) is 7.85. The van der Waals surface area contributed by atoms with Crippen molar-refractivity contribution >= 4 is 40.4 Å². The third kappa shape index (κ3) is 6.40. The molecule has 0 unspecified atom stereocenters. The Balaban J connectivity index is 1.36. The highest BCUT2D eigenvalue weighted by atomic mass is 35.5. The molecule has 1 aliphatic rings. The zero-order chi connectivity index (χ0) is 25.8. The van der Waals surface area contributed by atoms with Crippen LogP contribution in [0.5, 0.6) is 5.75 Å². The predicted molar refractivity (Wildman–Crippen MR) is 148 cm³/mol. The first kappa shape index (κ1) is 25.9. The number of rotatable bonds is 9. The molecule has 6 nitrogen and oxygen atoms in total. The molecule has 4 aromatic rings. The van der Waals surface area contributed by atoms with Gasteiger partial charge < -0.3 is 19.0 Å². The Morgan fingerprint density at radius 2 is 1.97 bits per heavy atom. The Hall–Kier alpha value is -2.74. The van der Waals surface area contributed by atoms with Gasteiger partial charge in [0.05, 0.1) is 29.8 Å². The largest absolute Gasteiger partial charge is 0.486 e. The molecule has 5 rings (SSSR count). The fraction of sp³-hybridized carbons (Fsp3) is 0.357. The minimum atomic E-state index is -0.0425. The SMILES string of the molecule is Cc1c(C(=O)NCC2CCCCC2)cc(-c2csc(COc3cc(Cl)cc(Cl)c3)n2)n1Cc1ccco1. The molecule has 194 valence electrons. The first-order valence-electron chi connectivity index (χ1n) is 12.5. The Bertz CT molecular complexity index is 1340. The molecule has 9 heteroatoms. The van der Waals surface area contributed by atoms with E-state index in [1.165, 1.54) is 43.4 Å². The number of ether oxygens (including phenoxy) is 1. The van der Waals surface area contributed by atoms with Crippen LogP contribution < -0.4 is 10.1 Å². The maximum absolute atomic E-state index is 13.2. The van der Waals surface area contributed by atoms with Gasteiger partial charge >= 0.3 is 0 Å². The zero-order valence-corrected chi connectivity index (χ0v) is 23.0. The summed E-state index contributed by atoms with van der Waals surface area (Å²) < 4.78 is 13.6. The van der Waals surface area contributed by atoms with Crippen molar-refractivity contribution < 1.29 is 13.9 Å². The van der Waals surface area contributed by atoms with Gasteiger partial charge in [0.2, 0.25) is 0 Å². The molecule has 1 amide bonds. The summed E-state index contributed by atoms with van der Waals surface area (Å²) in [4.78, 5) is 18.0. The fourth-order valence-corrected chi connectivity index (χ4v) is 6.03. The lowest BCUT2D eigenvalue weighted by Crippen LogP contribution is -2.30. The number of aromatic nitrogens is 2. The molecule has 0 atom stereocenters. The maximum atomic E-state index is 13.2. The highest BCUT2D eigenvalue weighted by Gasteiger charge is 2.22. The van der Waals surface area contributed by atoms with E-state index in [2.05, 4.69) is 9.88 Å². The molecular formula is C28H29Cl2N3O3S. The Kier molecular flexibility index (Phi) is 8.23. The summed E-state index contributed by atoms with van der Waals surface area (Å²) in [5, 5.41) is 7.00. The van der Waals surface area contributed by atoms with E-state index in [-0.39, 0.29) is 12.5 Å². The quantitative estimate of drug-likeness (QED) is 0.228. The average molecular weight is 559 g/mol. The third-order valence-electron chi connectivity index (χ3n) is 6.79. The van der Waals surface area contributed by atoms with Crippen LogP contribution in [0.1, 0.15) is 58.9 Å². The van der Waals surface area contributed by atoms with Crippen molar-refractivity contribution in [2.45, 2.75) is 52.2 Å². The molecule has 0 spiro atoms. The van der Waals surface area contributed by atoms with Crippen molar-refractivity contribution in [2.24, 2.45) is 5.92 Å². The van der Waals surface area contributed by atoms with Gasteiger partial charge in [0.25, 0.3) is 5.91 Å². The molecule has 1 saturated carbocycles. The molecule has 1 aromatic carbocycles. The van der Waals surface area contributed by atoms with Crippen LogP contribution in [0.4, 0.5) is 0 Å². The lowest BCUT2D eigenvalue weighted by molar-refractivity contribution is 0.0943. The van der Waals surface area contributed by atoms with Crippen LogP contribution in [0.3, 0.4) is 0 Å². The molecule has 3 aromatic heterocycles. The maximum Gasteiger partial charge on any atom is 0.253 e. The molecule has 0 bridgehead atoms. The van der Waals surface area contributed by atoms with E-state index < -0.39 is 0 Å². The van der Waals surface area contributed by atoms with Crippen molar-refractivity contribution in [1.29, 1.82) is 0 Å². The highest BCUT2D eigenvalue weighted by molar-refractivity contribution is 7.09. The smallest absolute Gasteiger partial charge is 0.253 e. The summed E-state index contributed by atoms with van der Waals surface area (Å²) in [5.41, 5.74) is 3.20. The van der Waals surface area contributed by atoms with Crippen LogP contribution in [0.25, 0.3) is 11.4 Å². The number of thiazole rings is 1. The number of amides is 1. The van der Waals surface area contributed by atoms with Crippen molar-refractivity contribution in [3.05, 3.63) is 80.1 Å². The second kappa shape index (κ2) is 11.8. The van der Waals surface area contributed by atoms with Crippen molar-refractivity contribution in [3.8, 4) is 17.1 Å². The number of carbonyl (C=O) groups excluding carboxylic acids is 1. The number of carbonyl (C=O) groups is 1. The Morgan fingerprint density at radius 1 is 1.19 bits per heavy atom. The van der Waals surface area contributed by atoms with Gasteiger partial charge in [-0.15, -0.1) is 11.3 Å². The molecule has 0 aliphatic heterocycles. The zero-order valence-electron chi connectivity index (χ0n) is 20.6. The molecule has 1 N–H and O–H groups in total. The van der Waals surface area contributed by atoms with E-state index in [1.54, 1.807) is 24.5 Å². The van der Waals surface area contributed by atoms with Crippen LogP contribution >= 0.6 is 34.5 Å². The molecule has 0 saturated heterocycles. The van der Waals surface area contributed by atoms with E-state index in [4.69, 9.17) is 37.3 Å². The number of halogens is 2. The van der Waals surface area contributed by atoms with E-state index in [9.17, 15) is 4.79 Å². The van der Waals surface area contributed by atoms with Crippen LogP contribution in [0.2, 0.25) is 10.0 Å². The van der Waals surface area contributed by atoms with Crippen molar-refractivity contribution in [3.63, 3.8) is 0 Å². The monoisotopic (exact) mass is 557 g/mol.